The monoisotopic (exact) mass is 822 g/mol. The third-order valence-corrected chi connectivity index (χ3v) is 12.5. The van der Waals surface area contributed by atoms with Gasteiger partial charge in [-0.15, -0.1) is 0 Å². The Hall–Kier alpha value is -0.850. The van der Waals surface area contributed by atoms with E-state index in [-0.39, 0.29) is 23.7 Å². The van der Waals surface area contributed by atoms with Crippen LogP contribution in [-0.2, 0) is 18.9 Å². The van der Waals surface area contributed by atoms with Crippen molar-refractivity contribution in [2.24, 2.45) is 11.3 Å². The Labute approximate surface area is 363 Å². The first kappa shape index (κ1) is 55.2. The number of carbonyl (C=O) groups is 1. The van der Waals surface area contributed by atoms with Crippen molar-refractivity contribution in [1.29, 1.82) is 0 Å². The van der Waals surface area contributed by atoms with Crippen LogP contribution in [0.5, 0.6) is 0 Å². The van der Waals surface area contributed by atoms with Crippen LogP contribution < -0.4 is 0 Å². The molecule has 0 aliphatic carbocycles. The molecule has 0 aromatic carbocycles. The summed E-state index contributed by atoms with van der Waals surface area (Å²) >= 11 is 0. The fourth-order valence-electron chi connectivity index (χ4n) is 8.23. The third-order valence-electron chi connectivity index (χ3n) is 12.5. The first-order valence-electron chi connectivity index (χ1n) is 26.0. The first-order valence-corrected chi connectivity index (χ1v) is 26.0. The molecule has 0 N–H and O–H groups in total. The number of ether oxygens (including phenoxy) is 4. The van der Waals surface area contributed by atoms with Crippen LogP contribution in [0.1, 0.15) is 260 Å². The highest BCUT2D eigenvalue weighted by Gasteiger charge is 2.37. The number of hydrogen-bond donors (Lipinski definition) is 0. The maximum Gasteiger partial charge on any atom is 0.409 e. The molecule has 58 heavy (non-hydrogen) atoms. The van der Waals surface area contributed by atoms with Gasteiger partial charge in [-0.3, -0.25) is 0 Å². The van der Waals surface area contributed by atoms with Gasteiger partial charge in [0.2, 0.25) is 0 Å². The van der Waals surface area contributed by atoms with Crippen LogP contribution in [-0.4, -0.2) is 69.3 Å². The van der Waals surface area contributed by atoms with Crippen LogP contribution in [0.25, 0.3) is 0 Å². The van der Waals surface area contributed by atoms with Gasteiger partial charge in [-0.05, 0) is 37.0 Å². The largest absolute Gasteiger partial charge is 0.449 e. The summed E-state index contributed by atoms with van der Waals surface area (Å²) < 4.78 is 24.6. The summed E-state index contributed by atoms with van der Waals surface area (Å²) in [6.07, 6.45) is 45.3. The van der Waals surface area contributed by atoms with Gasteiger partial charge in [0.05, 0.1) is 26.3 Å². The molecule has 6 nitrogen and oxygen atoms in total. The molecule has 1 aliphatic rings. The van der Waals surface area contributed by atoms with Crippen molar-refractivity contribution in [3.05, 3.63) is 0 Å². The molecule has 0 radical (unpaired) electrons. The lowest BCUT2D eigenvalue weighted by Gasteiger charge is -2.25. The topological polar surface area (TPSA) is 57.2 Å². The molecule has 0 bridgehead atoms. The van der Waals surface area contributed by atoms with E-state index in [2.05, 4.69) is 41.5 Å². The Bertz CT molecular complexity index is 819. The van der Waals surface area contributed by atoms with E-state index in [1.54, 1.807) is 0 Å². The van der Waals surface area contributed by atoms with E-state index in [1.807, 2.05) is 4.90 Å². The van der Waals surface area contributed by atoms with Gasteiger partial charge in [-0.1, -0.05) is 234 Å². The lowest BCUT2D eigenvalue weighted by Crippen LogP contribution is -2.32. The third kappa shape index (κ3) is 34.8. The van der Waals surface area contributed by atoms with Crippen molar-refractivity contribution in [2.45, 2.75) is 272 Å². The highest BCUT2D eigenvalue weighted by Crippen LogP contribution is 2.24. The Morgan fingerprint density at radius 1 is 0.500 bits per heavy atom. The molecule has 0 spiro atoms. The number of carbonyl (C=O) groups excluding carboxylic acids is 1. The number of rotatable bonds is 44. The van der Waals surface area contributed by atoms with Gasteiger partial charge in [0.1, 0.15) is 12.2 Å². The first-order chi connectivity index (χ1) is 28.3. The van der Waals surface area contributed by atoms with Crippen LogP contribution in [0.2, 0.25) is 0 Å². The van der Waals surface area contributed by atoms with Gasteiger partial charge in [-0.2, -0.15) is 0 Å². The van der Waals surface area contributed by atoms with Crippen LogP contribution in [0.3, 0.4) is 0 Å². The molecule has 0 aromatic rings. The van der Waals surface area contributed by atoms with E-state index in [0.717, 1.165) is 45.5 Å². The Morgan fingerprint density at radius 2 is 0.828 bits per heavy atom. The van der Waals surface area contributed by atoms with Gasteiger partial charge in [-0.25, -0.2) is 4.79 Å². The molecular weight excluding hydrogens is 719 g/mol. The van der Waals surface area contributed by atoms with E-state index in [9.17, 15) is 4.79 Å². The smallest absolute Gasteiger partial charge is 0.409 e. The van der Waals surface area contributed by atoms with Gasteiger partial charge in [0, 0.05) is 19.8 Å². The van der Waals surface area contributed by atoms with Crippen molar-refractivity contribution in [1.82, 2.24) is 4.90 Å². The predicted octanol–water partition coefficient (Wildman–Crippen LogP) is 16.2. The zero-order valence-electron chi connectivity index (χ0n) is 40.2. The van der Waals surface area contributed by atoms with Crippen molar-refractivity contribution in [3.8, 4) is 0 Å². The zero-order valence-corrected chi connectivity index (χ0v) is 40.2. The SMILES string of the molecule is CCCCCCCCCCCCCCCCCCOC1CN(C(=O)OCCC(C)(C)COCCC(C)C)CC1OCCCCCCCCCCCCCCCCCC. The van der Waals surface area contributed by atoms with E-state index in [4.69, 9.17) is 18.9 Å². The molecule has 6 heteroatoms. The van der Waals surface area contributed by atoms with Crippen molar-refractivity contribution in [3.63, 3.8) is 0 Å². The molecule has 0 aromatic heterocycles. The fourth-order valence-corrected chi connectivity index (χ4v) is 8.23. The van der Waals surface area contributed by atoms with Gasteiger partial charge in [0.25, 0.3) is 0 Å². The number of amides is 1. The molecule has 1 rings (SSSR count). The lowest BCUT2D eigenvalue weighted by atomic mass is 9.91. The molecule has 0 saturated carbocycles. The number of nitrogens with zero attached hydrogens (tertiary/aromatic N) is 1. The lowest BCUT2D eigenvalue weighted by molar-refractivity contribution is -0.0481. The summed E-state index contributed by atoms with van der Waals surface area (Å²) in [5.74, 6) is 0.646. The summed E-state index contributed by atoms with van der Waals surface area (Å²) in [5, 5.41) is 0. The maximum atomic E-state index is 13.2. The van der Waals surface area contributed by atoms with E-state index in [0.29, 0.717) is 32.2 Å². The highest BCUT2D eigenvalue weighted by atomic mass is 16.6. The van der Waals surface area contributed by atoms with Crippen LogP contribution >= 0.6 is 0 Å². The zero-order chi connectivity index (χ0) is 42.2. The van der Waals surface area contributed by atoms with Crippen LogP contribution in [0, 0.1) is 11.3 Å². The fraction of sp³-hybridized carbons (Fsp3) is 0.981. The second-order valence-corrected chi connectivity index (χ2v) is 19.6. The molecule has 2 atom stereocenters. The Kier molecular flexibility index (Phi) is 38.3. The average molecular weight is 822 g/mol. The molecular formula is C52H103NO5. The Morgan fingerprint density at radius 3 is 1.16 bits per heavy atom. The van der Waals surface area contributed by atoms with Crippen molar-refractivity contribution in [2.75, 3.05) is 46.1 Å². The Balaban J connectivity index is 2.28. The normalized spacial score (nSPS) is 15.9. The summed E-state index contributed by atoms with van der Waals surface area (Å²) in [7, 11) is 0. The molecule has 2 unspecified atom stereocenters. The van der Waals surface area contributed by atoms with Crippen molar-refractivity contribution < 1.29 is 23.7 Å². The molecule has 1 amide bonds. The van der Waals surface area contributed by atoms with Crippen molar-refractivity contribution >= 4 is 6.09 Å². The second kappa shape index (κ2) is 40.2. The average Bonchev–Trinajstić information content (AvgIpc) is 3.61. The minimum atomic E-state index is -0.235. The number of likely N-dealkylation sites (tertiary alicyclic amines) is 1. The molecule has 346 valence electrons. The van der Waals surface area contributed by atoms with E-state index >= 15 is 0 Å². The minimum absolute atomic E-state index is 0.0283. The summed E-state index contributed by atoms with van der Waals surface area (Å²) in [6, 6.07) is 0. The highest BCUT2D eigenvalue weighted by molar-refractivity contribution is 5.68. The predicted molar refractivity (Wildman–Crippen MR) is 250 cm³/mol. The van der Waals surface area contributed by atoms with Gasteiger partial charge >= 0.3 is 6.09 Å². The summed E-state index contributed by atoms with van der Waals surface area (Å²) in [4.78, 5) is 15.0. The standard InChI is InChI=1S/C52H103NO5/c1-7-9-11-13-15-17-19-21-23-25-27-29-31-33-35-37-41-56-49-45-53(51(54)58-44-40-52(5,6)47-55-43-39-48(3)4)46-50(49)57-42-38-36-34-32-30-28-26-24-22-20-18-16-14-12-10-8-2/h48-50H,7-47H2,1-6H3. The van der Waals surface area contributed by atoms with Crippen LogP contribution in [0.4, 0.5) is 4.79 Å². The van der Waals surface area contributed by atoms with Gasteiger partial charge in [0.15, 0.2) is 0 Å². The number of unbranched alkanes of at least 4 members (excludes halogenated alkanes) is 30. The van der Waals surface area contributed by atoms with E-state index < -0.39 is 0 Å². The minimum Gasteiger partial charge on any atom is -0.449 e. The second-order valence-electron chi connectivity index (χ2n) is 19.6. The molecule has 1 saturated heterocycles. The maximum absolute atomic E-state index is 13.2. The number of hydrogen-bond acceptors (Lipinski definition) is 5. The summed E-state index contributed by atoms with van der Waals surface area (Å²) in [6.45, 7) is 17.9. The van der Waals surface area contributed by atoms with Crippen LogP contribution in [0.15, 0.2) is 0 Å². The molecule has 1 heterocycles. The molecule has 1 aliphatic heterocycles. The van der Waals surface area contributed by atoms with E-state index in [1.165, 1.54) is 193 Å². The molecule has 1 fully saturated rings. The quantitative estimate of drug-likeness (QED) is 0.0573. The summed E-state index contributed by atoms with van der Waals surface area (Å²) in [5.41, 5.74) is -0.0283. The van der Waals surface area contributed by atoms with Gasteiger partial charge < -0.3 is 23.8 Å².